The average molecular weight is 417 g/mol. The molecule has 3 aliphatic heterocycles. The number of ether oxygens (including phenoxy) is 1. The summed E-state index contributed by atoms with van der Waals surface area (Å²) in [6.07, 6.45) is 0.679. The molecule has 5 rings (SSSR count). The van der Waals surface area contributed by atoms with E-state index in [-0.39, 0.29) is 41.7 Å². The number of fused-ring (bicyclic) bond motifs is 2. The third-order valence-electron chi connectivity index (χ3n) is 7.11. The number of benzene rings is 2. The van der Waals surface area contributed by atoms with Crippen LogP contribution >= 0.6 is 0 Å². The number of carbonyl (C=O) groups is 2. The van der Waals surface area contributed by atoms with E-state index in [0.29, 0.717) is 19.6 Å². The molecule has 0 saturated carbocycles. The van der Waals surface area contributed by atoms with Gasteiger partial charge in [0.1, 0.15) is 5.75 Å². The maximum atomic E-state index is 13.4. The number of para-hydroxylation sites is 1. The highest BCUT2D eigenvalue weighted by atomic mass is 16.5. The van der Waals surface area contributed by atoms with Gasteiger partial charge in [0.2, 0.25) is 11.8 Å². The summed E-state index contributed by atoms with van der Waals surface area (Å²) < 4.78 is 5.87. The number of imide groups is 1. The quantitative estimate of drug-likeness (QED) is 0.552. The molecule has 5 heteroatoms. The largest absolute Gasteiger partial charge is 0.492 e. The van der Waals surface area contributed by atoms with Crippen molar-refractivity contribution in [2.45, 2.75) is 24.8 Å². The van der Waals surface area contributed by atoms with Crippen LogP contribution in [-0.2, 0) is 15.0 Å². The lowest BCUT2D eigenvalue weighted by Gasteiger charge is -2.28. The molecule has 3 heterocycles. The van der Waals surface area contributed by atoms with Crippen LogP contribution in [0.5, 0.6) is 5.75 Å². The summed E-state index contributed by atoms with van der Waals surface area (Å²) in [4.78, 5) is 30.2. The van der Waals surface area contributed by atoms with Gasteiger partial charge in [-0.1, -0.05) is 67.6 Å². The van der Waals surface area contributed by atoms with Crippen molar-refractivity contribution in [1.82, 2.24) is 9.80 Å². The van der Waals surface area contributed by atoms with Gasteiger partial charge in [0.05, 0.1) is 18.4 Å². The number of carbonyl (C=O) groups excluding carboxylic acids is 2. The third-order valence-corrected chi connectivity index (χ3v) is 7.11. The maximum absolute atomic E-state index is 13.4. The molecule has 0 N–H and O–H groups in total. The van der Waals surface area contributed by atoms with Crippen molar-refractivity contribution in [3.05, 3.63) is 77.9 Å². The number of rotatable bonds is 5. The molecule has 0 unspecified atom stereocenters. The first kappa shape index (κ1) is 20.0. The lowest BCUT2D eigenvalue weighted by atomic mass is 9.79. The molecule has 2 amide bonds. The van der Waals surface area contributed by atoms with E-state index in [1.165, 1.54) is 4.90 Å². The van der Waals surface area contributed by atoms with E-state index in [0.717, 1.165) is 22.4 Å². The second-order valence-electron chi connectivity index (χ2n) is 9.46. The predicted octanol–water partition coefficient (Wildman–Crippen LogP) is 3.57. The Morgan fingerprint density at radius 3 is 2.58 bits per heavy atom. The highest BCUT2D eigenvalue weighted by Crippen LogP contribution is 2.46. The molecule has 0 bridgehead atoms. The van der Waals surface area contributed by atoms with Crippen molar-refractivity contribution in [2.75, 3.05) is 26.7 Å². The average Bonchev–Trinajstić information content (AvgIpc) is 3.35. The Kier molecular flexibility index (Phi) is 4.74. The van der Waals surface area contributed by atoms with Crippen LogP contribution in [0.2, 0.25) is 0 Å². The Morgan fingerprint density at radius 2 is 1.81 bits per heavy atom. The van der Waals surface area contributed by atoms with E-state index >= 15 is 0 Å². The molecule has 2 saturated heterocycles. The smallest absolute Gasteiger partial charge is 0.235 e. The van der Waals surface area contributed by atoms with Gasteiger partial charge >= 0.3 is 0 Å². The molecular formula is C26H28N2O3. The summed E-state index contributed by atoms with van der Waals surface area (Å²) in [5.74, 6) is 0.187. The minimum Gasteiger partial charge on any atom is -0.492 e. The van der Waals surface area contributed by atoms with Gasteiger partial charge in [0, 0.05) is 30.1 Å². The van der Waals surface area contributed by atoms with Crippen LogP contribution in [0, 0.1) is 11.8 Å². The molecule has 160 valence electrons. The van der Waals surface area contributed by atoms with Gasteiger partial charge in [0.15, 0.2) is 0 Å². The highest BCUT2D eigenvalue weighted by molar-refractivity contribution is 6.06. The molecule has 0 aliphatic carbocycles. The molecule has 31 heavy (non-hydrogen) atoms. The summed E-state index contributed by atoms with van der Waals surface area (Å²) in [5, 5.41) is 0. The molecule has 0 aromatic heterocycles. The van der Waals surface area contributed by atoms with Crippen molar-refractivity contribution >= 4 is 11.8 Å². The topological polar surface area (TPSA) is 49.9 Å². The standard InChI is InChI=1S/C26H28N2O3/c1-17(13-26(2)16-31-21-12-8-7-11-20(21)26)14-28-24(29)19-15-27(3)23(22(19)25(28)30)18-9-5-4-6-10-18/h4-12,19,22-23H,1,13-16H2,2-3H3/t19-,22-,23+,26-/m0/s1. The number of hydrogen-bond donors (Lipinski definition) is 0. The second kappa shape index (κ2) is 7.34. The van der Waals surface area contributed by atoms with E-state index in [1.807, 2.05) is 55.6 Å². The fourth-order valence-corrected chi connectivity index (χ4v) is 5.71. The van der Waals surface area contributed by atoms with Gasteiger partial charge in [-0.2, -0.15) is 0 Å². The van der Waals surface area contributed by atoms with Crippen molar-refractivity contribution in [2.24, 2.45) is 11.8 Å². The monoisotopic (exact) mass is 416 g/mol. The SMILES string of the molecule is C=C(CN1C(=O)[C@H]2[C@H](CN(C)[C@@H]2c2ccccc2)C1=O)C[C@@]1(C)COc2ccccc21. The molecule has 3 aliphatic rings. The summed E-state index contributed by atoms with van der Waals surface area (Å²) in [5.41, 5.74) is 2.95. The van der Waals surface area contributed by atoms with Crippen LogP contribution in [0.4, 0.5) is 0 Å². The van der Waals surface area contributed by atoms with Crippen molar-refractivity contribution < 1.29 is 14.3 Å². The minimum atomic E-state index is -0.321. The number of amides is 2. The molecule has 2 aromatic carbocycles. The fraction of sp³-hybridized carbons (Fsp3) is 0.385. The highest BCUT2D eigenvalue weighted by Gasteiger charge is 2.56. The first-order valence-corrected chi connectivity index (χ1v) is 10.9. The zero-order valence-electron chi connectivity index (χ0n) is 18.1. The van der Waals surface area contributed by atoms with Gasteiger partial charge in [-0.25, -0.2) is 0 Å². The van der Waals surface area contributed by atoms with E-state index in [9.17, 15) is 9.59 Å². The van der Waals surface area contributed by atoms with E-state index < -0.39 is 0 Å². The predicted molar refractivity (Wildman–Crippen MR) is 119 cm³/mol. The molecule has 2 fully saturated rings. The van der Waals surface area contributed by atoms with Crippen LogP contribution in [0.25, 0.3) is 0 Å². The van der Waals surface area contributed by atoms with E-state index in [1.54, 1.807) is 0 Å². The lowest BCUT2D eigenvalue weighted by Crippen LogP contribution is -2.38. The molecule has 5 nitrogen and oxygen atoms in total. The normalized spacial score (nSPS) is 29.7. The Balaban J connectivity index is 1.33. The zero-order valence-corrected chi connectivity index (χ0v) is 18.1. The lowest BCUT2D eigenvalue weighted by molar-refractivity contribution is -0.140. The van der Waals surface area contributed by atoms with Crippen molar-refractivity contribution in [3.8, 4) is 5.75 Å². The first-order chi connectivity index (χ1) is 14.9. The number of likely N-dealkylation sites (tertiary alicyclic amines) is 2. The fourth-order valence-electron chi connectivity index (χ4n) is 5.71. The van der Waals surface area contributed by atoms with Crippen molar-refractivity contribution in [3.63, 3.8) is 0 Å². The molecule has 4 atom stereocenters. The van der Waals surface area contributed by atoms with E-state index in [4.69, 9.17) is 4.74 Å². The Labute approximate surface area is 183 Å². The first-order valence-electron chi connectivity index (χ1n) is 10.9. The molecular weight excluding hydrogens is 388 g/mol. The van der Waals surface area contributed by atoms with Gasteiger partial charge in [-0.05, 0) is 25.1 Å². The molecule has 2 aromatic rings. The molecule has 0 spiro atoms. The molecule has 0 radical (unpaired) electrons. The Bertz CT molecular complexity index is 1050. The summed E-state index contributed by atoms with van der Waals surface area (Å²) in [7, 11) is 2.00. The van der Waals surface area contributed by atoms with Crippen LogP contribution in [0.1, 0.15) is 30.5 Å². The maximum Gasteiger partial charge on any atom is 0.235 e. The zero-order chi connectivity index (χ0) is 21.8. The Hall–Kier alpha value is -2.92. The van der Waals surface area contributed by atoms with Crippen molar-refractivity contribution in [1.29, 1.82) is 0 Å². The van der Waals surface area contributed by atoms with Gasteiger partial charge in [-0.15, -0.1) is 0 Å². The Morgan fingerprint density at radius 1 is 1.10 bits per heavy atom. The second-order valence-corrected chi connectivity index (χ2v) is 9.46. The number of hydrogen-bond acceptors (Lipinski definition) is 4. The van der Waals surface area contributed by atoms with Crippen LogP contribution in [0.3, 0.4) is 0 Å². The minimum absolute atomic E-state index is 0.0605. The summed E-state index contributed by atoms with van der Waals surface area (Å²) in [6, 6.07) is 18.0. The van der Waals surface area contributed by atoms with E-state index in [2.05, 4.69) is 24.5 Å². The third kappa shape index (κ3) is 3.19. The van der Waals surface area contributed by atoms with Gasteiger partial charge in [0.25, 0.3) is 0 Å². The van der Waals surface area contributed by atoms with Crippen LogP contribution in [0.15, 0.2) is 66.7 Å². The van der Waals surface area contributed by atoms with Gasteiger partial charge in [-0.3, -0.25) is 19.4 Å². The number of nitrogens with zero attached hydrogens (tertiary/aromatic N) is 2. The van der Waals surface area contributed by atoms with Crippen LogP contribution in [-0.4, -0.2) is 48.4 Å². The summed E-state index contributed by atoms with van der Waals surface area (Å²) in [6.45, 7) is 7.88. The van der Waals surface area contributed by atoms with Crippen LogP contribution < -0.4 is 4.74 Å². The summed E-state index contributed by atoms with van der Waals surface area (Å²) >= 11 is 0. The van der Waals surface area contributed by atoms with Gasteiger partial charge < -0.3 is 4.74 Å².